The maximum Gasteiger partial charge on any atom is 0.328 e. The quantitative estimate of drug-likeness (QED) is 0.652. The first-order valence-corrected chi connectivity index (χ1v) is 8.96. The van der Waals surface area contributed by atoms with E-state index in [1.54, 1.807) is 24.4 Å². The monoisotopic (exact) mass is 373 g/mol. The molecule has 3 heterocycles. The topological polar surface area (TPSA) is 114 Å². The fourth-order valence-corrected chi connectivity index (χ4v) is 4.14. The highest BCUT2D eigenvalue weighted by atomic mass is 16.2. The number of carbonyl (C=O) groups excluding carboxylic acids is 3. The highest BCUT2D eigenvalue weighted by molar-refractivity contribution is 6.26. The van der Waals surface area contributed by atoms with Crippen molar-refractivity contribution in [2.45, 2.75) is 24.7 Å². The Morgan fingerprint density at radius 1 is 0.893 bits per heavy atom. The zero-order valence-electron chi connectivity index (χ0n) is 14.7. The minimum Gasteiger partial charge on any atom is -0.276 e. The number of aromatic nitrogens is 3. The number of imide groups is 2. The second kappa shape index (κ2) is 5.91. The number of rotatable bonds is 2. The van der Waals surface area contributed by atoms with Gasteiger partial charge in [-0.25, -0.2) is 19.7 Å². The Bertz CT molecular complexity index is 1150. The number of benzene rings is 1. The summed E-state index contributed by atoms with van der Waals surface area (Å²) in [6.07, 6.45) is 5.73. The molecule has 0 saturated carbocycles. The number of fused-ring (bicyclic) bond motifs is 2. The molecule has 0 unspecified atom stereocenters. The minimum atomic E-state index is -1.81. The van der Waals surface area contributed by atoms with E-state index in [0.717, 1.165) is 24.8 Å². The molecule has 5 rings (SSSR count). The van der Waals surface area contributed by atoms with Crippen LogP contribution in [0, 0.1) is 0 Å². The number of nitrogens with one attached hydrogen (secondary N) is 2. The van der Waals surface area contributed by atoms with Gasteiger partial charge in [-0.3, -0.25) is 20.2 Å². The Balaban J connectivity index is 1.85. The summed E-state index contributed by atoms with van der Waals surface area (Å²) in [5.41, 5.74) is 1.54. The summed E-state index contributed by atoms with van der Waals surface area (Å²) in [5, 5.41) is 4.96. The first-order chi connectivity index (χ1) is 13.6. The van der Waals surface area contributed by atoms with Crippen molar-refractivity contribution < 1.29 is 14.4 Å². The maximum atomic E-state index is 13.2. The summed E-state index contributed by atoms with van der Waals surface area (Å²) in [4.78, 5) is 50.8. The van der Waals surface area contributed by atoms with Crippen LogP contribution in [0.3, 0.4) is 0 Å². The van der Waals surface area contributed by atoms with Gasteiger partial charge in [-0.15, -0.1) is 0 Å². The van der Waals surface area contributed by atoms with Crippen molar-refractivity contribution in [2.24, 2.45) is 0 Å². The predicted octanol–water partition coefficient (Wildman–Crippen LogP) is 1.17. The molecule has 138 valence electrons. The van der Waals surface area contributed by atoms with Gasteiger partial charge in [-0.05, 0) is 48.1 Å². The lowest BCUT2D eigenvalue weighted by Gasteiger charge is -2.34. The summed E-state index contributed by atoms with van der Waals surface area (Å²) in [7, 11) is 0. The first-order valence-electron chi connectivity index (χ1n) is 8.96. The van der Waals surface area contributed by atoms with Crippen LogP contribution in [0.15, 0.2) is 42.9 Å². The molecule has 0 spiro atoms. The Morgan fingerprint density at radius 3 is 2.50 bits per heavy atom. The third kappa shape index (κ3) is 2.17. The number of aryl methyl sites for hydroxylation is 2. The molecule has 2 aromatic heterocycles. The zero-order valence-corrected chi connectivity index (χ0v) is 14.7. The standard InChI is InChI=1S/C20H15N5O3/c26-17-20(18(27)25-19(28)24-17,13-7-6-11-3-1-4-12(11)9-13)15-14-5-2-8-21-16(14)23-10-22-15/h2,5-10H,1,3-4H2,(H2,24,25,26,27,28). The number of hydrogen-bond acceptors (Lipinski definition) is 6. The van der Waals surface area contributed by atoms with Crippen molar-refractivity contribution in [1.82, 2.24) is 25.6 Å². The number of hydrogen-bond donors (Lipinski definition) is 2. The molecule has 0 radical (unpaired) electrons. The Labute approximate surface area is 159 Å². The van der Waals surface area contributed by atoms with Crippen LogP contribution in [0.2, 0.25) is 0 Å². The van der Waals surface area contributed by atoms with E-state index in [0.29, 0.717) is 16.6 Å². The third-order valence-electron chi connectivity index (χ3n) is 5.43. The molecular formula is C20H15N5O3. The summed E-state index contributed by atoms with van der Waals surface area (Å²) in [6, 6.07) is 8.14. The van der Waals surface area contributed by atoms with Crippen molar-refractivity contribution in [3.05, 3.63) is 65.2 Å². The molecule has 3 aromatic rings. The summed E-state index contributed by atoms with van der Waals surface area (Å²) >= 11 is 0. The van der Waals surface area contributed by atoms with Gasteiger partial charge in [0.2, 0.25) is 0 Å². The van der Waals surface area contributed by atoms with Crippen LogP contribution < -0.4 is 10.6 Å². The van der Waals surface area contributed by atoms with Crippen LogP contribution in [0.25, 0.3) is 11.0 Å². The van der Waals surface area contributed by atoms with Crippen LogP contribution in [0.5, 0.6) is 0 Å². The van der Waals surface area contributed by atoms with Gasteiger partial charge in [0.25, 0.3) is 11.8 Å². The zero-order chi connectivity index (χ0) is 19.3. The molecular weight excluding hydrogens is 358 g/mol. The van der Waals surface area contributed by atoms with E-state index in [9.17, 15) is 14.4 Å². The summed E-state index contributed by atoms with van der Waals surface area (Å²) in [5.74, 6) is -1.47. The molecule has 1 aromatic carbocycles. The van der Waals surface area contributed by atoms with Gasteiger partial charge >= 0.3 is 6.03 Å². The minimum absolute atomic E-state index is 0.200. The SMILES string of the molecule is O=C1NC(=O)C(c2ccc3c(c2)CCC3)(c2ncnc3ncccc23)C(=O)N1. The van der Waals surface area contributed by atoms with Crippen LogP contribution in [-0.4, -0.2) is 32.8 Å². The molecule has 1 aliphatic carbocycles. The van der Waals surface area contributed by atoms with Crippen molar-refractivity contribution >= 4 is 28.9 Å². The number of urea groups is 1. The maximum absolute atomic E-state index is 13.2. The molecule has 0 bridgehead atoms. The van der Waals surface area contributed by atoms with Crippen LogP contribution in [-0.2, 0) is 27.8 Å². The van der Waals surface area contributed by atoms with E-state index in [1.807, 2.05) is 12.1 Å². The molecule has 8 heteroatoms. The molecule has 28 heavy (non-hydrogen) atoms. The smallest absolute Gasteiger partial charge is 0.276 e. The van der Waals surface area contributed by atoms with Crippen LogP contribution >= 0.6 is 0 Å². The van der Waals surface area contributed by atoms with Crippen molar-refractivity contribution in [3.63, 3.8) is 0 Å². The van der Waals surface area contributed by atoms with Gasteiger partial charge < -0.3 is 0 Å². The van der Waals surface area contributed by atoms with E-state index in [-0.39, 0.29) is 5.69 Å². The molecule has 4 amide bonds. The van der Waals surface area contributed by atoms with E-state index in [1.165, 1.54) is 11.9 Å². The first kappa shape index (κ1) is 16.5. The lowest BCUT2D eigenvalue weighted by atomic mass is 9.73. The second-order valence-corrected chi connectivity index (χ2v) is 6.92. The van der Waals surface area contributed by atoms with E-state index >= 15 is 0 Å². The highest BCUT2D eigenvalue weighted by Gasteiger charge is 2.55. The highest BCUT2D eigenvalue weighted by Crippen LogP contribution is 2.38. The predicted molar refractivity (Wildman–Crippen MR) is 98.3 cm³/mol. The molecule has 8 nitrogen and oxygen atoms in total. The molecule has 0 atom stereocenters. The molecule has 2 N–H and O–H groups in total. The number of nitrogens with zero attached hydrogens (tertiary/aromatic N) is 3. The van der Waals surface area contributed by atoms with Gasteiger partial charge in [0, 0.05) is 11.6 Å². The fourth-order valence-electron chi connectivity index (χ4n) is 4.14. The molecule has 1 fully saturated rings. The van der Waals surface area contributed by atoms with E-state index in [4.69, 9.17) is 0 Å². The van der Waals surface area contributed by atoms with Crippen LogP contribution in [0.4, 0.5) is 4.79 Å². The Hall–Kier alpha value is -3.68. The Morgan fingerprint density at radius 2 is 1.68 bits per heavy atom. The van der Waals surface area contributed by atoms with Crippen molar-refractivity contribution in [3.8, 4) is 0 Å². The van der Waals surface area contributed by atoms with Crippen molar-refractivity contribution in [1.29, 1.82) is 0 Å². The lowest BCUT2D eigenvalue weighted by Crippen LogP contribution is -2.65. The molecule has 1 saturated heterocycles. The largest absolute Gasteiger partial charge is 0.328 e. The number of carbonyl (C=O) groups is 3. The van der Waals surface area contributed by atoms with E-state index < -0.39 is 23.3 Å². The van der Waals surface area contributed by atoms with Crippen LogP contribution in [0.1, 0.15) is 28.8 Å². The van der Waals surface area contributed by atoms with Gasteiger partial charge in [0.05, 0.1) is 5.69 Å². The number of barbiturate groups is 1. The second-order valence-electron chi connectivity index (χ2n) is 6.92. The number of amides is 4. The van der Waals surface area contributed by atoms with Crippen molar-refractivity contribution in [2.75, 3.05) is 0 Å². The average molecular weight is 373 g/mol. The number of pyridine rings is 1. The summed E-state index contributed by atoms with van der Waals surface area (Å²) < 4.78 is 0. The fraction of sp³-hybridized carbons (Fsp3) is 0.200. The third-order valence-corrected chi connectivity index (χ3v) is 5.43. The van der Waals surface area contributed by atoms with Gasteiger partial charge in [0.15, 0.2) is 11.1 Å². The average Bonchev–Trinajstić information content (AvgIpc) is 3.16. The lowest BCUT2D eigenvalue weighted by molar-refractivity contribution is -0.136. The van der Waals surface area contributed by atoms with E-state index in [2.05, 4.69) is 25.6 Å². The van der Waals surface area contributed by atoms with Gasteiger partial charge in [-0.2, -0.15) is 0 Å². The van der Waals surface area contributed by atoms with Gasteiger partial charge in [0.1, 0.15) is 6.33 Å². The normalized spacial score (nSPS) is 17.9. The molecule has 2 aliphatic rings. The molecule has 1 aliphatic heterocycles. The van der Waals surface area contributed by atoms with Gasteiger partial charge in [-0.1, -0.05) is 18.2 Å². The Kier molecular flexibility index (Phi) is 3.48. The summed E-state index contributed by atoms with van der Waals surface area (Å²) in [6.45, 7) is 0.